The molecule has 0 radical (unpaired) electrons. The van der Waals surface area contributed by atoms with Crippen molar-refractivity contribution < 1.29 is 23.1 Å². The highest BCUT2D eigenvalue weighted by molar-refractivity contribution is 5.78. The van der Waals surface area contributed by atoms with Crippen LogP contribution in [0.25, 0.3) is 0 Å². The molecule has 20 heavy (non-hydrogen) atoms. The molecule has 1 N–H and O–H groups in total. The van der Waals surface area contributed by atoms with Crippen LogP contribution in [0.5, 0.6) is 0 Å². The Morgan fingerprint density at radius 1 is 1.35 bits per heavy atom. The minimum Gasteiger partial charge on any atom is -0.480 e. The summed E-state index contributed by atoms with van der Waals surface area (Å²) in [5.74, 6) is -1.39. The summed E-state index contributed by atoms with van der Waals surface area (Å²) in [5.41, 5.74) is -0.881. The Hall–Kier alpha value is -1.79. The Labute approximate surface area is 114 Å². The van der Waals surface area contributed by atoms with E-state index in [2.05, 4.69) is 4.98 Å². The Bertz CT molecular complexity index is 491. The van der Waals surface area contributed by atoms with Gasteiger partial charge in [-0.05, 0) is 25.0 Å². The van der Waals surface area contributed by atoms with Crippen LogP contribution in [0.3, 0.4) is 0 Å². The van der Waals surface area contributed by atoms with Gasteiger partial charge in [0.25, 0.3) is 0 Å². The summed E-state index contributed by atoms with van der Waals surface area (Å²) < 4.78 is 39.1. The molecule has 2 heterocycles. The molecule has 0 aromatic carbocycles. The number of hydrogen-bond acceptors (Lipinski definition) is 3. The molecule has 7 heteroatoms. The first kappa shape index (κ1) is 14.6. The van der Waals surface area contributed by atoms with Gasteiger partial charge in [-0.1, -0.05) is 12.8 Å². The number of rotatable bonds is 2. The second-order valence-electron chi connectivity index (χ2n) is 4.77. The number of alkyl halides is 3. The van der Waals surface area contributed by atoms with Gasteiger partial charge in [0.05, 0.1) is 5.56 Å². The zero-order valence-corrected chi connectivity index (χ0v) is 10.7. The van der Waals surface area contributed by atoms with E-state index >= 15 is 0 Å². The average Bonchev–Trinajstić information content (AvgIpc) is 2.63. The van der Waals surface area contributed by atoms with Crippen molar-refractivity contribution in [3.8, 4) is 0 Å². The predicted molar refractivity (Wildman–Crippen MR) is 66.5 cm³/mol. The van der Waals surface area contributed by atoms with Gasteiger partial charge in [-0.3, -0.25) is 0 Å². The maximum atomic E-state index is 13.0. The van der Waals surface area contributed by atoms with Crippen molar-refractivity contribution in [1.29, 1.82) is 0 Å². The molecule has 110 valence electrons. The quantitative estimate of drug-likeness (QED) is 0.909. The lowest BCUT2D eigenvalue weighted by molar-refractivity contribution is -0.140. The van der Waals surface area contributed by atoms with E-state index in [4.69, 9.17) is 0 Å². The van der Waals surface area contributed by atoms with Crippen LogP contribution in [-0.4, -0.2) is 28.6 Å². The van der Waals surface area contributed by atoms with Crippen molar-refractivity contribution in [3.05, 3.63) is 23.9 Å². The predicted octanol–water partition coefficient (Wildman–Crippen LogP) is 2.93. The van der Waals surface area contributed by atoms with Crippen LogP contribution < -0.4 is 4.90 Å². The van der Waals surface area contributed by atoms with Gasteiger partial charge in [0, 0.05) is 12.7 Å². The van der Waals surface area contributed by atoms with E-state index in [1.807, 2.05) is 0 Å². The molecule has 0 saturated carbocycles. The van der Waals surface area contributed by atoms with Crippen LogP contribution in [0.15, 0.2) is 18.3 Å². The molecule has 1 unspecified atom stereocenters. The fourth-order valence-corrected chi connectivity index (χ4v) is 2.47. The van der Waals surface area contributed by atoms with Gasteiger partial charge < -0.3 is 10.0 Å². The highest BCUT2D eigenvalue weighted by atomic mass is 19.4. The number of pyridine rings is 1. The molecular formula is C13H15F3N2O2. The molecule has 0 amide bonds. The topological polar surface area (TPSA) is 53.4 Å². The van der Waals surface area contributed by atoms with Gasteiger partial charge in [0.1, 0.15) is 11.9 Å². The maximum Gasteiger partial charge on any atom is 0.419 e. The van der Waals surface area contributed by atoms with Crippen LogP contribution in [0.1, 0.15) is 31.2 Å². The van der Waals surface area contributed by atoms with Crippen LogP contribution in [0.2, 0.25) is 0 Å². The molecule has 4 nitrogen and oxygen atoms in total. The molecule has 1 saturated heterocycles. The second-order valence-corrected chi connectivity index (χ2v) is 4.77. The Kier molecular flexibility index (Phi) is 4.15. The third-order valence-corrected chi connectivity index (χ3v) is 3.40. The number of aliphatic carboxylic acids is 1. The number of nitrogens with zero attached hydrogens (tertiary/aromatic N) is 2. The number of hydrogen-bond donors (Lipinski definition) is 1. The molecule has 1 fully saturated rings. The van der Waals surface area contributed by atoms with E-state index in [0.29, 0.717) is 19.3 Å². The van der Waals surface area contributed by atoms with Gasteiger partial charge in [0.15, 0.2) is 0 Å². The SMILES string of the molecule is O=C(O)C1CCCCCN1c1ncccc1C(F)(F)F. The fourth-order valence-electron chi connectivity index (χ4n) is 2.47. The molecule has 1 aliphatic heterocycles. The summed E-state index contributed by atoms with van der Waals surface area (Å²) in [6.07, 6.45) is -0.774. The molecule has 1 aromatic heterocycles. The Morgan fingerprint density at radius 3 is 2.75 bits per heavy atom. The van der Waals surface area contributed by atoms with E-state index in [9.17, 15) is 23.1 Å². The van der Waals surface area contributed by atoms with E-state index in [1.165, 1.54) is 17.2 Å². The number of anilines is 1. The molecule has 0 spiro atoms. The highest BCUT2D eigenvalue weighted by Crippen LogP contribution is 2.36. The zero-order valence-electron chi connectivity index (χ0n) is 10.7. The van der Waals surface area contributed by atoms with Gasteiger partial charge in [0.2, 0.25) is 0 Å². The van der Waals surface area contributed by atoms with Gasteiger partial charge in [-0.2, -0.15) is 13.2 Å². The van der Waals surface area contributed by atoms with Crippen LogP contribution >= 0.6 is 0 Å². The molecule has 1 aromatic rings. The summed E-state index contributed by atoms with van der Waals surface area (Å²) in [6, 6.07) is 1.19. The van der Waals surface area contributed by atoms with Gasteiger partial charge >= 0.3 is 12.1 Å². The fraction of sp³-hybridized carbons (Fsp3) is 0.538. The maximum absolute atomic E-state index is 13.0. The summed E-state index contributed by atoms with van der Waals surface area (Å²) in [7, 11) is 0. The molecule has 1 aliphatic rings. The number of halogens is 3. The summed E-state index contributed by atoms with van der Waals surface area (Å²) in [4.78, 5) is 16.4. The first-order chi connectivity index (χ1) is 9.41. The lowest BCUT2D eigenvalue weighted by Crippen LogP contribution is -2.42. The minimum absolute atomic E-state index is 0.275. The molecule has 0 aliphatic carbocycles. The molecular weight excluding hydrogens is 273 g/mol. The van der Waals surface area contributed by atoms with E-state index < -0.39 is 23.8 Å². The average molecular weight is 288 g/mol. The summed E-state index contributed by atoms with van der Waals surface area (Å²) in [6.45, 7) is 0.275. The minimum atomic E-state index is -4.54. The lowest BCUT2D eigenvalue weighted by atomic mass is 10.1. The number of carbonyl (C=O) groups is 1. The Morgan fingerprint density at radius 2 is 2.10 bits per heavy atom. The molecule has 2 rings (SSSR count). The molecule has 0 bridgehead atoms. The number of carboxylic acids is 1. The van der Waals surface area contributed by atoms with E-state index in [1.54, 1.807) is 0 Å². The second kappa shape index (κ2) is 5.68. The van der Waals surface area contributed by atoms with Crippen LogP contribution in [0.4, 0.5) is 19.0 Å². The summed E-state index contributed by atoms with van der Waals surface area (Å²) >= 11 is 0. The van der Waals surface area contributed by atoms with E-state index in [-0.39, 0.29) is 12.4 Å². The van der Waals surface area contributed by atoms with E-state index in [0.717, 1.165) is 12.5 Å². The third kappa shape index (κ3) is 3.02. The summed E-state index contributed by atoms with van der Waals surface area (Å²) in [5, 5.41) is 9.24. The largest absolute Gasteiger partial charge is 0.480 e. The number of carboxylic acid groups (broad SMARTS) is 1. The first-order valence-electron chi connectivity index (χ1n) is 6.43. The van der Waals surface area contributed by atoms with Crippen molar-refractivity contribution in [2.45, 2.75) is 37.9 Å². The third-order valence-electron chi connectivity index (χ3n) is 3.40. The van der Waals surface area contributed by atoms with Crippen molar-refractivity contribution in [2.24, 2.45) is 0 Å². The highest BCUT2D eigenvalue weighted by Gasteiger charge is 2.38. The lowest BCUT2D eigenvalue weighted by Gasteiger charge is -2.30. The monoisotopic (exact) mass is 288 g/mol. The smallest absolute Gasteiger partial charge is 0.419 e. The zero-order chi connectivity index (χ0) is 14.8. The standard InChI is InChI=1S/C13H15F3N2O2/c14-13(15,16)9-5-4-7-17-11(9)18-8-3-1-2-6-10(18)12(19)20/h4-5,7,10H,1-3,6,8H2,(H,19,20). The van der Waals surface area contributed by atoms with Crippen molar-refractivity contribution in [1.82, 2.24) is 4.98 Å². The van der Waals surface area contributed by atoms with Crippen LogP contribution in [-0.2, 0) is 11.0 Å². The van der Waals surface area contributed by atoms with Gasteiger partial charge in [-0.25, -0.2) is 9.78 Å². The van der Waals surface area contributed by atoms with Crippen molar-refractivity contribution in [2.75, 3.05) is 11.4 Å². The number of aromatic nitrogens is 1. The van der Waals surface area contributed by atoms with Gasteiger partial charge in [-0.15, -0.1) is 0 Å². The normalized spacial score (nSPS) is 20.6. The first-order valence-corrected chi connectivity index (χ1v) is 6.43. The van der Waals surface area contributed by atoms with Crippen molar-refractivity contribution in [3.63, 3.8) is 0 Å². The Balaban J connectivity index is 2.44. The van der Waals surface area contributed by atoms with Crippen LogP contribution in [0, 0.1) is 0 Å². The van der Waals surface area contributed by atoms with Crippen molar-refractivity contribution >= 4 is 11.8 Å². The molecule has 1 atom stereocenters.